The molecule has 0 saturated carbocycles. The summed E-state index contributed by atoms with van der Waals surface area (Å²) in [5.41, 5.74) is 0.773. The molecule has 0 saturated heterocycles. The van der Waals surface area contributed by atoms with Gasteiger partial charge in [-0.2, -0.15) is 5.10 Å². The number of imidazole rings is 1. The van der Waals surface area contributed by atoms with Gasteiger partial charge in [-0.05, 0) is 6.92 Å². The summed E-state index contributed by atoms with van der Waals surface area (Å²) in [7, 11) is 0. The summed E-state index contributed by atoms with van der Waals surface area (Å²) in [4.78, 5) is 18.1. The molecule has 0 radical (unpaired) electrons. The summed E-state index contributed by atoms with van der Waals surface area (Å²) in [5.74, 6) is 0.998. The molecule has 4 heterocycles. The second-order valence-electron chi connectivity index (χ2n) is 4.72. The van der Waals surface area contributed by atoms with Gasteiger partial charge in [0.15, 0.2) is 11.5 Å². The quantitative estimate of drug-likeness (QED) is 0.790. The molecule has 0 bridgehead atoms. The van der Waals surface area contributed by atoms with Gasteiger partial charge in [-0.25, -0.2) is 9.50 Å². The summed E-state index contributed by atoms with van der Waals surface area (Å²) in [6, 6.07) is 0. The standard InChI is InChI=1S/C13H12N4O3S2/c1-7-16-17-5-8(15-13(17)22-7)4-14-12(18)11-10-9(6-21-11)19-2-3-20-10/h5-6H,2-4H2,1H3,(H,14,18). The van der Waals surface area contributed by atoms with E-state index in [1.54, 1.807) is 9.90 Å². The minimum absolute atomic E-state index is 0.183. The van der Waals surface area contributed by atoms with Gasteiger partial charge in [-0.3, -0.25) is 4.79 Å². The van der Waals surface area contributed by atoms with Gasteiger partial charge in [0.1, 0.15) is 23.1 Å². The van der Waals surface area contributed by atoms with Gasteiger partial charge in [-0.15, -0.1) is 11.3 Å². The Balaban J connectivity index is 1.47. The van der Waals surface area contributed by atoms with E-state index in [1.807, 2.05) is 13.1 Å². The van der Waals surface area contributed by atoms with Crippen LogP contribution in [0.5, 0.6) is 11.5 Å². The van der Waals surface area contributed by atoms with Gasteiger partial charge in [0.2, 0.25) is 4.96 Å². The first-order valence-electron chi connectivity index (χ1n) is 6.67. The normalized spacial score (nSPS) is 13.5. The highest BCUT2D eigenvalue weighted by molar-refractivity contribution is 7.16. The zero-order chi connectivity index (χ0) is 15.1. The van der Waals surface area contributed by atoms with Crippen LogP contribution in [0.1, 0.15) is 20.4 Å². The van der Waals surface area contributed by atoms with Crippen LogP contribution < -0.4 is 14.8 Å². The van der Waals surface area contributed by atoms with Crippen molar-refractivity contribution in [3.8, 4) is 11.5 Å². The summed E-state index contributed by atoms with van der Waals surface area (Å²) in [5, 5.41) is 9.90. The van der Waals surface area contributed by atoms with Crippen LogP contribution in [0.3, 0.4) is 0 Å². The zero-order valence-corrected chi connectivity index (χ0v) is 13.3. The maximum absolute atomic E-state index is 12.3. The molecule has 1 amide bonds. The Hall–Kier alpha value is -2.13. The van der Waals surface area contributed by atoms with Gasteiger partial charge in [0.05, 0.1) is 18.4 Å². The fourth-order valence-electron chi connectivity index (χ4n) is 2.20. The highest BCUT2D eigenvalue weighted by Gasteiger charge is 2.23. The summed E-state index contributed by atoms with van der Waals surface area (Å²) < 4.78 is 12.7. The maximum Gasteiger partial charge on any atom is 0.265 e. The van der Waals surface area contributed by atoms with Crippen LogP contribution in [0.2, 0.25) is 0 Å². The molecule has 1 aliphatic rings. The first kappa shape index (κ1) is 13.5. The summed E-state index contributed by atoms with van der Waals surface area (Å²) in [6.45, 7) is 3.26. The highest BCUT2D eigenvalue weighted by Crippen LogP contribution is 2.39. The Morgan fingerprint density at radius 3 is 3.18 bits per heavy atom. The lowest BCUT2D eigenvalue weighted by Gasteiger charge is -2.15. The molecule has 22 heavy (non-hydrogen) atoms. The molecule has 7 nitrogen and oxygen atoms in total. The van der Waals surface area contributed by atoms with Crippen molar-refractivity contribution in [1.82, 2.24) is 19.9 Å². The number of ether oxygens (including phenoxy) is 2. The van der Waals surface area contributed by atoms with Gasteiger partial charge in [0.25, 0.3) is 5.91 Å². The number of hydrogen-bond donors (Lipinski definition) is 1. The Bertz CT molecular complexity index is 819. The van der Waals surface area contributed by atoms with Crippen molar-refractivity contribution < 1.29 is 14.3 Å². The third kappa shape index (κ3) is 2.32. The van der Waals surface area contributed by atoms with Crippen LogP contribution in [-0.4, -0.2) is 33.7 Å². The van der Waals surface area contributed by atoms with Gasteiger partial charge >= 0.3 is 0 Å². The van der Waals surface area contributed by atoms with Crippen LogP contribution in [0.15, 0.2) is 11.6 Å². The van der Waals surface area contributed by atoms with E-state index >= 15 is 0 Å². The number of amides is 1. The molecule has 0 aliphatic carbocycles. The van der Waals surface area contributed by atoms with Crippen molar-refractivity contribution in [3.05, 3.63) is 27.2 Å². The molecule has 0 unspecified atom stereocenters. The SMILES string of the molecule is Cc1nn2cc(CNC(=O)c3scc4c3OCCO4)nc2s1. The number of carbonyl (C=O) groups is 1. The van der Waals surface area contributed by atoms with E-state index in [0.29, 0.717) is 36.1 Å². The van der Waals surface area contributed by atoms with Gasteiger partial charge in [0, 0.05) is 5.38 Å². The molecule has 1 N–H and O–H groups in total. The third-order valence-corrected chi connectivity index (χ3v) is 4.91. The van der Waals surface area contributed by atoms with Crippen LogP contribution in [0.4, 0.5) is 0 Å². The number of rotatable bonds is 3. The minimum Gasteiger partial charge on any atom is -0.485 e. The number of carbonyl (C=O) groups excluding carboxylic acids is 1. The number of aromatic nitrogens is 3. The largest absolute Gasteiger partial charge is 0.485 e. The van der Waals surface area contributed by atoms with E-state index < -0.39 is 0 Å². The van der Waals surface area contributed by atoms with Crippen LogP contribution in [-0.2, 0) is 6.54 Å². The average molecular weight is 336 g/mol. The maximum atomic E-state index is 12.3. The Morgan fingerprint density at radius 1 is 1.45 bits per heavy atom. The first-order chi connectivity index (χ1) is 10.7. The molecule has 0 atom stereocenters. The summed E-state index contributed by atoms with van der Waals surface area (Å²) in [6.07, 6.45) is 1.82. The average Bonchev–Trinajstić information content (AvgIpc) is 3.16. The number of nitrogens with one attached hydrogen (secondary N) is 1. The van der Waals surface area contributed by atoms with Crippen molar-refractivity contribution in [3.63, 3.8) is 0 Å². The monoisotopic (exact) mass is 336 g/mol. The predicted molar refractivity (Wildman–Crippen MR) is 82.1 cm³/mol. The number of fused-ring (bicyclic) bond motifs is 2. The van der Waals surface area contributed by atoms with Gasteiger partial charge < -0.3 is 14.8 Å². The second kappa shape index (κ2) is 5.25. The lowest BCUT2D eigenvalue weighted by atomic mass is 10.3. The van der Waals surface area contributed by atoms with E-state index in [4.69, 9.17) is 9.47 Å². The highest BCUT2D eigenvalue weighted by atomic mass is 32.1. The molecule has 3 aromatic rings. The van der Waals surface area contributed by atoms with Crippen molar-refractivity contribution in [2.45, 2.75) is 13.5 Å². The minimum atomic E-state index is -0.183. The van der Waals surface area contributed by atoms with Crippen molar-refractivity contribution in [1.29, 1.82) is 0 Å². The van der Waals surface area contributed by atoms with Gasteiger partial charge in [-0.1, -0.05) is 11.3 Å². The molecule has 1 aliphatic heterocycles. The second-order valence-corrected chi connectivity index (χ2v) is 6.76. The van der Waals surface area contributed by atoms with Crippen molar-refractivity contribution >= 4 is 33.5 Å². The Kier molecular flexibility index (Phi) is 3.23. The lowest BCUT2D eigenvalue weighted by molar-refractivity contribution is 0.0945. The van der Waals surface area contributed by atoms with Crippen LogP contribution in [0.25, 0.3) is 4.96 Å². The molecule has 0 fully saturated rings. The molecular weight excluding hydrogens is 324 g/mol. The van der Waals surface area contributed by atoms with E-state index in [2.05, 4.69) is 15.4 Å². The molecule has 0 spiro atoms. The van der Waals surface area contributed by atoms with E-state index in [9.17, 15) is 4.79 Å². The number of nitrogens with zero attached hydrogens (tertiary/aromatic N) is 3. The van der Waals surface area contributed by atoms with Crippen molar-refractivity contribution in [2.24, 2.45) is 0 Å². The Morgan fingerprint density at radius 2 is 2.32 bits per heavy atom. The van der Waals surface area contributed by atoms with Crippen LogP contribution >= 0.6 is 22.7 Å². The lowest BCUT2D eigenvalue weighted by Crippen LogP contribution is -2.23. The smallest absolute Gasteiger partial charge is 0.265 e. The Labute approximate surface area is 133 Å². The number of hydrogen-bond acceptors (Lipinski definition) is 7. The molecule has 0 aromatic carbocycles. The van der Waals surface area contributed by atoms with Crippen molar-refractivity contribution in [2.75, 3.05) is 13.2 Å². The topological polar surface area (TPSA) is 77.8 Å². The molecule has 114 valence electrons. The third-order valence-electron chi connectivity index (χ3n) is 3.13. The zero-order valence-electron chi connectivity index (χ0n) is 11.7. The van der Waals surface area contributed by atoms with E-state index in [0.717, 1.165) is 15.7 Å². The van der Waals surface area contributed by atoms with E-state index in [-0.39, 0.29) is 5.91 Å². The molecule has 3 aromatic heterocycles. The number of aryl methyl sites for hydroxylation is 1. The fraction of sp³-hybridized carbons (Fsp3) is 0.308. The fourth-order valence-corrected chi connectivity index (χ4v) is 3.79. The molecular formula is C13H12N4O3S2. The van der Waals surface area contributed by atoms with Crippen LogP contribution in [0, 0.1) is 6.92 Å². The number of thiophene rings is 1. The first-order valence-corrected chi connectivity index (χ1v) is 8.37. The molecule has 4 rings (SSSR count). The molecule has 9 heteroatoms. The van der Waals surface area contributed by atoms with E-state index in [1.165, 1.54) is 22.7 Å². The predicted octanol–water partition coefficient (Wildman–Crippen LogP) is 1.86. The summed E-state index contributed by atoms with van der Waals surface area (Å²) >= 11 is 2.84.